The van der Waals surface area contributed by atoms with Crippen LogP contribution in [0.1, 0.15) is 73.4 Å². The molecule has 0 bridgehead atoms. The molecule has 1 aromatic heterocycles. The molecule has 1 fully saturated rings. The molecule has 1 saturated carbocycles. The van der Waals surface area contributed by atoms with Gasteiger partial charge in [0.25, 0.3) is 0 Å². The van der Waals surface area contributed by atoms with Crippen molar-refractivity contribution in [2.45, 2.75) is 75.2 Å². The van der Waals surface area contributed by atoms with E-state index in [1.807, 2.05) is 11.3 Å². The van der Waals surface area contributed by atoms with E-state index in [4.69, 9.17) is 4.98 Å². The van der Waals surface area contributed by atoms with Gasteiger partial charge in [-0.1, -0.05) is 26.2 Å². The summed E-state index contributed by atoms with van der Waals surface area (Å²) < 4.78 is 0. The van der Waals surface area contributed by atoms with E-state index in [1.54, 1.807) is 4.88 Å². The number of likely N-dealkylation sites (N-methyl/N-ethyl adjacent to an activating group) is 1. The van der Waals surface area contributed by atoms with E-state index < -0.39 is 0 Å². The summed E-state index contributed by atoms with van der Waals surface area (Å²) in [7, 11) is 0. The second-order valence-corrected chi connectivity index (χ2v) is 8.84. The maximum atomic E-state index is 5.03. The molecular formula is C17H28N2S2. The van der Waals surface area contributed by atoms with Crippen molar-refractivity contribution in [2.24, 2.45) is 0 Å². The molecule has 1 atom stereocenters. The summed E-state index contributed by atoms with van der Waals surface area (Å²) in [6, 6.07) is 0. The van der Waals surface area contributed by atoms with Crippen LogP contribution >= 0.6 is 23.1 Å². The van der Waals surface area contributed by atoms with E-state index in [0.717, 1.165) is 24.1 Å². The Balaban J connectivity index is 1.58. The summed E-state index contributed by atoms with van der Waals surface area (Å²) in [5.41, 5.74) is 1.44. The Morgan fingerprint density at radius 2 is 2.05 bits per heavy atom. The summed E-state index contributed by atoms with van der Waals surface area (Å²) in [6.45, 7) is 4.37. The number of nitrogens with zero attached hydrogens (tertiary/aromatic N) is 1. The molecule has 0 radical (unpaired) electrons. The fraction of sp³-hybridized carbons (Fsp3) is 0.824. The number of nitrogens with one attached hydrogen (secondary N) is 1. The first-order chi connectivity index (χ1) is 10.4. The van der Waals surface area contributed by atoms with Gasteiger partial charge in [0.15, 0.2) is 0 Å². The molecule has 0 spiro atoms. The van der Waals surface area contributed by atoms with Crippen molar-refractivity contribution in [1.29, 1.82) is 0 Å². The topological polar surface area (TPSA) is 24.9 Å². The Kier molecular flexibility index (Phi) is 6.01. The second-order valence-electron chi connectivity index (χ2n) is 6.38. The number of rotatable bonds is 6. The minimum atomic E-state index is 0.665. The smallest absolute Gasteiger partial charge is 0.103 e. The molecule has 1 aromatic rings. The van der Waals surface area contributed by atoms with Crippen molar-refractivity contribution in [3.63, 3.8) is 0 Å². The summed E-state index contributed by atoms with van der Waals surface area (Å²) in [5.74, 6) is 1.81. The van der Waals surface area contributed by atoms with Crippen LogP contribution in [0, 0.1) is 0 Å². The molecule has 118 valence electrons. The van der Waals surface area contributed by atoms with Gasteiger partial charge in [-0.3, -0.25) is 0 Å². The van der Waals surface area contributed by atoms with Crippen molar-refractivity contribution in [3.05, 3.63) is 15.6 Å². The quantitative estimate of drug-likeness (QED) is 0.818. The predicted octanol–water partition coefficient (Wildman–Crippen LogP) is 4.74. The first-order valence-corrected chi connectivity index (χ1v) is 10.5. The van der Waals surface area contributed by atoms with Gasteiger partial charge in [0.05, 0.1) is 5.69 Å². The van der Waals surface area contributed by atoms with Crippen LogP contribution in [0.3, 0.4) is 0 Å². The van der Waals surface area contributed by atoms with Crippen LogP contribution in [0.25, 0.3) is 0 Å². The molecule has 21 heavy (non-hydrogen) atoms. The SMILES string of the molecule is CCNCC1CCCc2sc(CSC3CCCCC3)nc21. The van der Waals surface area contributed by atoms with E-state index in [1.165, 1.54) is 62.1 Å². The Morgan fingerprint density at radius 1 is 1.19 bits per heavy atom. The lowest BCUT2D eigenvalue weighted by molar-refractivity contribution is 0.508. The van der Waals surface area contributed by atoms with Gasteiger partial charge in [0.2, 0.25) is 0 Å². The van der Waals surface area contributed by atoms with E-state index in [-0.39, 0.29) is 0 Å². The number of hydrogen-bond acceptors (Lipinski definition) is 4. The third kappa shape index (κ3) is 4.23. The average Bonchev–Trinajstić information content (AvgIpc) is 2.95. The largest absolute Gasteiger partial charge is 0.316 e. The van der Waals surface area contributed by atoms with Crippen molar-refractivity contribution in [2.75, 3.05) is 13.1 Å². The molecule has 1 N–H and O–H groups in total. The van der Waals surface area contributed by atoms with E-state index >= 15 is 0 Å². The Labute approximate surface area is 137 Å². The molecule has 2 aliphatic rings. The lowest BCUT2D eigenvalue weighted by Gasteiger charge is -2.21. The van der Waals surface area contributed by atoms with Gasteiger partial charge in [-0.25, -0.2) is 4.98 Å². The number of fused-ring (bicyclic) bond motifs is 1. The predicted molar refractivity (Wildman–Crippen MR) is 94.5 cm³/mol. The van der Waals surface area contributed by atoms with Gasteiger partial charge in [-0.2, -0.15) is 11.8 Å². The summed E-state index contributed by atoms with van der Waals surface area (Å²) in [4.78, 5) is 6.61. The number of thiazole rings is 1. The molecule has 2 aliphatic carbocycles. The monoisotopic (exact) mass is 324 g/mol. The van der Waals surface area contributed by atoms with Gasteiger partial charge >= 0.3 is 0 Å². The van der Waals surface area contributed by atoms with Crippen molar-refractivity contribution < 1.29 is 0 Å². The van der Waals surface area contributed by atoms with Gasteiger partial charge in [0.1, 0.15) is 5.01 Å². The fourth-order valence-electron chi connectivity index (χ4n) is 3.56. The third-order valence-corrected chi connectivity index (χ3v) is 7.45. The molecule has 4 heteroatoms. The van der Waals surface area contributed by atoms with Crippen molar-refractivity contribution in [1.82, 2.24) is 10.3 Å². The summed E-state index contributed by atoms with van der Waals surface area (Å²) >= 11 is 4.17. The summed E-state index contributed by atoms with van der Waals surface area (Å²) in [6.07, 6.45) is 11.1. The highest BCUT2D eigenvalue weighted by Gasteiger charge is 2.24. The summed E-state index contributed by atoms with van der Waals surface area (Å²) in [5, 5.41) is 5.80. The van der Waals surface area contributed by atoms with Crippen LogP contribution in [-0.4, -0.2) is 23.3 Å². The maximum Gasteiger partial charge on any atom is 0.103 e. The van der Waals surface area contributed by atoms with Gasteiger partial charge in [0, 0.05) is 28.3 Å². The van der Waals surface area contributed by atoms with Crippen LogP contribution in [0.5, 0.6) is 0 Å². The molecule has 0 aromatic carbocycles. The van der Waals surface area contributed by atoms with Crippen LogP contribution < -0.4 is 5.32 Å². The van der Waals surface area contributed by atoms with Crippen molar-refractivity contribution in [3.8, 4) is 0 Å². The highest BCUT2D eigenvalue weighted by molar-refractivity contribution is 7.99. The standard InChI is InChI=1S/C17H28N2S2/c1-2-18-11-13-7-6-10-15-17(13)19-16(21-15)12-20-14-8-4-3-5-9-14/h13-14,18H,2-12H2,1H3. The van der Waals surface area contributed by atoms with Gasteiger partial charge < -0.3 is 5.32 Å². The Morgan fingerprint density at radius 3 is 2.86 bits per heavy atom. The van der Waals surface area contributed by atoms with Gasteiger partial charge in [-0.05, 0) is 38.6 Å². The maximum absolute atomic E-state index is 5.03. The van der Waals surface area contributed by atoms with Crippen molar-refractivity contribution >= 4 is 23.1 Å². The first kappa shape index (κ1) is 15.8. The average molecular weight is 325 g/mol. The molecular weight excluding hydrogens is 296 g/mol. The molecule has 3 rings (SSSR count). The van der Waals surface area contributed by atoms with Crippen LogP contribution in [-0.2, 0) is 12.2 Å². The van der Waals surface area contributed by atoms with E-state index in [2.05, 4.69) is 24.0 Å². The minimum Gasteiger partial charge on any atom is -0.316 e. The Hall–Kier alpha value is -0.0600. The van der Waals surface area contributed by atoms with E-state index in [9.17, 15) is 0 Å². The lowest BCUT2D eigenvalue weighted by atomic mass is 9.91. The number of hydrogen-bond donors (Lipinski definition) is 1. The van der Waals surface area contributed by atoms with Crippen LogP contribution in [0.15, 0.2) is 0 Å². The zero-order valence-corrected chi connectivity index (χ0v) is 14.8. The zero-order chi connectivity index (χ0) is 14.5. The molecule has 0 saturated heterocycles. The molecule has 0 aliphatic heterocycles. The second kappa shape index (κ2) is 7.98. The highest BCUT2D eigenvalue weighted by Crippen LogP contribution is 2.37. The molecule has 1 heterocycles. The molecule has 1 unspecified atom stereocenters. The third-order valence-electron chi connectivity index (χ3n) is 4.75. The lowest BCUT2D eigenvalue weighted by Crippen LogP contribution is -2.24. The minimum absolute atomic E-state index is 0.665. The first-order valence-electron chi connectivity index (χ1n) is 8.67. The number of aromatic nitrogens is 1. The zero-order valence-electron chi connectivity index (χ0n) is 13.2. The molecule has 2 nitrogen and oxygen atoms in total. The number of aryl methyl sites for hydroxylation is 1. The van der Waals surface area contributed by atoms with Crippen LogP contribution in [0.2, 0.25) is 0 Å². The normalized spacial score (nSPS) is 23.2. The Bertz CT molecular complexity index is 438. The van der Waals surface area contributed by atoms with Gasteiger partial charge in [-0.15, -0.1) is 11.3 Å². The number of thioether (sulfide) groups is 1. The highest BCUT2D eigenvalue weighted by atomic mass is 32.2. The van der Waals surface area contributed by atoms with Crippen LogP contribution in [0.4, 0.5) is 0 Å². The fourth-order valence-corrected chi connectivity index (χ4v) is 6.10. The van der Waals surface area contributed by atoms with E-state index in [0.29, 0.717) is 5.92 Å². The molecule has 0 amide bonds.